The summed E-state index contributed by atoms with van der Waals surface area (Å²) >= 11 is 0. The van der Waals surface area contributed by atoms with E-state index in [9.17, 15) is 0 Å². The molecule has 0 heterocycles. The molecular weight excluding hydrogens is 258 g/mol. The van der Waals surface area contributed by atoms with Crippen LogP contribution in [0.15, 0.2) is 36.4 Å². The van der Waals surface area contributed by atoms with Crippen LogP contribution in [0.2, 0.25) is 0 Å². The lowest BCUT2D eigenvalue weighted by Crippen LogP contribution is -2.14. The maximum atomic E-state index is 5.99. The van der Waals surface area contributed by atoms with Crippen LogP contribution in [0, 0.1) is 0 Å². The molecule has 0 aromatic heterocycles. The summed E-state index contributed by atoms with van der Waals surface area (Å²) in [6.07, 6.45) is 2.16. The Kier molecular flexibility index (Phi) is 4.06. The molecular formula is C18H23N3. The molecule has 2 aromatic carbocycles. The third kappa shape index (κ3) is 2.60. The molecule has 2 aromatic rings. The van der Waals surface area contributed by atoms with Crippen LogP contribution < -0.4 is 17.2 Å². The van der Waals surface area contributed by atoms with Crippen molar-refractivity contribution in [3.8, 4) is 0 Å². The fourth-order valence-corrected chi connectivity index (χ4v) is 3.59. The highest BCUT2D eigenvalue weighted by atomic mass is 14.6. The van der Waals surface area contributed by atoms with E-state index >= 15 is 0 Å². The molecule has 0 bridgehead atoms. The van der Waals surface area contributed by atoms with Crippen molar-refractivity contribution in [1.82, 2.24) is 0 Å². The summed E-state index contributed by atoms with van der Waals surface area (Å²) < 4.78 is 0. The third-order valence-electron chi connectivity index (χ3n) is 4.55. The summed E-state index contributed by atoms with van der Waals surface area (Å²) in [6.45, 7) is 1.62. The summed E-state index contributed by atoms with van der Waals surface area (Å²) in [7, 11) is 0. The highest BCUT2D eigenvalue weighted by Crippen LogP contribution is 2.37. The van der Waals surface area contributed by atoms with Crippen molar-refractivity contribution < 1.29 is 0 Å². The Morgan fingerprint density at radius 1 is 0.810 bits per heavy atom. The Bertz CT molecular complexity index is 599. The van der Waals surface area contributed by atoms with E-state index in [4.69, 9.17) is 17.2 Å². The maximum absolute atomic E-state index is 5.99. The Hall–Kier alpha value is -1.68. The molecule has 0 fully saturated rings. The van der Waals surface area contributed by atoms with Crippen molar-refractivity contribution in [2.45, 2.75) is 38.4 Å². The number of rotatable bonds is 4. The first-order valence-corrected chi connectivity index (χ1v) is 7.58. The number of fused-ring (bicyclic) bond motifs is 1. The van der Waals surface area contributed by atoms with Crippen LogP contribution in [0.4, 0.5) is 0 Å². The highest BCUT2D eigenvalue weighted by Gasteiger charge is 2.26. The van der Waals surface area contributed by atoms with Crippen molar-refractivity contribution in [3.05, 3.63) is 69.8 Å². The van der Waals surface area contributed by atoms with Gasteiger partial charge in [0.1, 0.15) is 0 Å². The predicted molar refractivity (Wildman–Crippen MR) is 86.7 cm³/mol. The Balaban J connectivity index is 2.03. The predicted octanol–water partition coefficient (Wildman–Crippen LogP) is 1.95. The Morgan fingerprint density at radius 3 is 1.76 bits per heavy atom. The van der Waals surface area contributed by atoms with Gasteiger partial charge in [-0.3, -0.25) is 0 Å². The van der Waals surface area contributed by atoms with Gasteiger partial charge in [-0.2, -0.15) is 0 Å². The minimum Gasteiger partial charge on any atom is -0.326 e. The molecule has 0 saturated heterocycles. The van der Waals surface area contributed by atoms with Crippen molar-refractivity contribution in [2.24, 2.45) is 17.2 Å². The summed E-state index contributed by atoms with van der Waals surface area (Å²) in [5.74, 6) is 0.492. The zero-order chi connectivity index (χ0) is 14.8. The third-order valence-corrected chi connectivity index (χ3v) is 4.55. The summed E-state index contributed by atoms with van der Waals surface area (Å²) in [5.41, 5.74) is 25.6. The first-order chi connectivity index (χ1) is 10.3. The molecule has 0 unspecified atom stereocenters. The number of hydrogen-bond acceptors (Lipinski definition) is 3. The standard InChI is InChI=1S/C18H23N3/c19-9-12-5-16(10-20)18(17(6-12)11-21)15-7-13-3-1-2-4-14(13)8-15/h1-6,15H,7-11,19-21H2. The molecule has 0 amide bonds. The largest absolute Gasteiger partial charge is 0.326 e. The second kappa shape index (κ2) is 5.98. The van der Waals surface area contributed by atoms with Crippen LogP contribution in [0.25, 0.3) is 0 Å². The van der Waals surface area contributed by atoms with Gasteiger partial charge in [0.15, 0.2) is 0 Å². The maximum Gasteiger partial charge on any atom is 0.0181 e. The van der Waals surface area contributed by atoms with Gasteiger partial charge >= 0.3 is 0 Å². The average molecular weight is 281 g/mol. The summed E-state index contributed by atoms with van der Waals surface area (Å²) in [5, 5.41) is 0. The van der Waals surface area contributed by atoms with E-state index in [2.05, 4.69) is 36.4 Å². The quantitative estimate of drug-likeness (QED) is 0.801. The van der Waals surface area contributed by atoms with E-state index in [1.807, 2.05) is 0 Å². The van der Waals surface area contributed by atoms with Gasteiger partial charge in [-0.25, -0.2) is 0 Å². The fourth-order valence-electron chi connectivity index (χ4n) is 3.59. The average Bonchev–Trinajstić information content (AvgIpc) is 2.96. The molecule has 0 saturated carbocycles. The van der Waals surface area contributed by atoms with Gasteiger partial charge in [-0.1, -0.05) is 36.4 Å². The van der Waals surface area contributed by atoms with E-state index in [-0.39, 0.29) is 0 Å². The number of nitrogens with two attached hydrogens (primary N) is 3. The normalized spacial score (nSPS) is 14.4. The Labute approximate surface area is 126 Å². The monoisotopic (exact) mass is 281 g/mol. The molecule has 3 nitrogen and oxygen atoms in total. The van der Waals surface area contributed by atoms with Crippen LogP contribution in [-0.2, 0) is 32.5 Å². The molecule has 0 atom stereocenters. The lowest BCUT2D eigenvalue weighted by molar-refractivity contribution is 0.714. The minimum absolute atomic E-state index is 0.492. The molecule has 0 spiro atoms. The van der Waals surface area contributed by atoms with Gasteiger partial charge in [-0.15, -0.1) is 0 Å². The molecule has 1 aliphatic rings. The van der Waals surface area contributed by atoms with Crippen molar-refractivity contribution >= 4 is 0 Å². The number of hydrogen-bond donors (Lipinski definition) is 3. The van der Waals surface area contributed by atoms with E-state index < -0.39 is 0 Å². The molecule has 1 aliphatic carbocycles. The van der Waals surface area contributed by atoms with E-state index in [0.717, 1.165) is 18.4 Å². The van der Waals surface area contributed by atoms with Crippen LogP contribution in [0.1, 0.15) is 39.3 Å². The van der Waals surface area contributed by atoms with E-state index in [1.54, 1.807) is 0 Å². The van der Waals surface area contributed by atoms with Gasteiger partial charge in [0.05, 0.1) is 0 Å². The van der Waals surface area contributed by atoms with E-state index in [1.165, 1.54) is 27.8 Å². The molecule has 0 aliphatic heterocycles. The first-order valence-electron chi connectivity index (χ1n) is 7.58. The molecule has 21 heavy (non-hydrogen) atoms. The van der Waals surface area contributed by atoms with Crippen LogP contribution in [-0.4, -0.2) is 0 Å². The van der Waals surface area contributed by atoms with Gasteiger partial charge in [0.25, 0.3) is 0 Å². The highest BCUT2D eigenvalue weighted by molar-refractivity contribution is 5.46. The lowest BCUT2D eigenvalue weighted by Gasteiger charge is -2.20. The molecule has 3 rings (SSSR count). The van der Waals surface area contributed by atoms with Gasteiger partial charge in [0.2, 0.25) is 0 Å². The van der Waals surface area contributed by atoms with E-state index in [0.29, 0.717) is 25.6 Å². The summed E-state index contributed by atoms with van der Waals surface area (Å²) in [6, 6.07) is 13.0. The fraction of sp³-hybridized carbons (Fsp3) is 0.333. The SMILES string of the molecule is NCc1cc(CN)c(C2Cc3ccccc3C2)c(CN)c1. The van der Waals surface area contributed by atoms with Crippen molar-refractivity contribution in [3.63, 3.8) is 0 Å². The van der Waals surface area contributed by atoms with Gasteiger partial charge < -0.3 is 17.2 Å². The minimum atomic E-state index is 0.492. The summed E-state index contributed by atoms with van der Waals surface area (Å²) in [4.78, 5) is 0. The van der Waals surface area contributed by atoms with Gasteiger partial charge in [0, 0.05) is 19.6 Å². The zero-order valence-electron chi connectivity index (χ0n) is 12.3. The van der Waals surface area contributed by atoms with Gasteiger partial charge in [-0.05, 0) is 52.1 Å². The number of benzene rings is 2. The molecule has 0 radical (unpaired) electrons. The molecule has 110 valence electrons. The lowest BCUT2D eigenvalue weighted by atomic mass is 9.86. The molecule has 6 N–H and O–H groups in total. The smallest absolute Gasteiger partial charge is 0.0181 e. The molecule has 3 heteroatoms. The van der Waals surface area contributed by atoms with Crippen molar-refractivity contribution in [1.29, 1.82) is 0 Å². The van der Waals surface area contributed by atoms with Crippen LogP contribution >= 0.6 is 0 Å². The van der Waals surface area contributed by atoms with Crippen molar-refractivity contribution in [2.75, 3.05) is 0 Å². The Morgan fingerprint density at radius 2 is 1.33 bits per heavy atom. The zero-order valence-corrected chi connectivity index (χ0v) is 12.3. The second-order valence-corrected chi connectivity index (χ2v) is 5.81. The van der Waals surface area contributed by atoms with Crippen LogP contribution in [0.5, 0.6) is 0 Å². The second-order valence-electron chi connectivity index (χ2n) is 5.81. The van der Waals surface area contributed by atoms with Crippen LogP contribution in [0.3, 0.4) is 0 Å². The topological polar surface area (TPSA) is 78.1 Å². The first kappa shape index (κ1) is 14.3.